The summed E-state index contributed by atoms with van der Waals surface area (Å²) in [7, 11) is -1.84. The van der Waals surface area contributed by atoms with E-state index in [-0.39, 0.29) is 0 Å². The number of pyridine rings is 1. The van der Waals surface area contributed by atoms with E-state index in [1.807, 2.05) is 0 Å². The van der Waals surface area contributed by atoms with Crippen LogP contribution in [0.3, 0.4) is 0 Å². The standard InChI is InChI=1S/C11H11BrN2O2S2/c1-14(8-9-4-6-13-7-5-9)18(15,16)11-3-2-10(12)17-11/h2-7H,8H2,1H3. The predicted molar refractivity (Wildman–Crippen MR) is 74.9 cm³/mol. The second-order valence-corrected chi connectivity index (χ2v) is 8.41. The van der Waals surface area contributed by atoms with Gasteiger partial charge in [-0.3, -0.25) is 4.98 Å². The Kier molecular flexibility index (Phi) is 4.16. The van der Waals surface area contributed by atoms with Gasteiger partial charge in [0.15, 0.2) is 0 Å². The maximum atomic E-state index is 12.2. The molecule has 96 valence electrons. The molecule has 0 amide bonds. The average Bonchev–Trinajstić information content (AvgIpc) is 2.78. The molecule has 0 unspecified atom stereocenters. The van der Waals surface area contributed by atoms with Gasteiger partial charge in [0.1, 0.15) is 4.21 Å². The molecule has 18 heavy (non-hydrogen) atoms. The lowest BCUT2D eigenvalue weighted by Gasteiger charge is -2.15. The highest BCUT2D eigenvalue weighted by atomic mass is 79.9. The zero-order valence-corrected chi connectivity index (χ0v) is 12.8. The Morgan fingerprint density at radius 2 is 1.94 bits per heavy atom. The Labute approximate surface area is 118 Å². The third kappa shape index (κ3) is 2.97. The zero-order chi connectivity index (χ0) is 13.2. The molecule has 0 aliphatic heterocycles. The van der Waals surface area contributed by atoms with E-state index in [9.17, 15) is 8.42 Å². The van der Waals surface area contributed by atoms with Crippen LogP contribution in [0.1, 0.15) is 5.56 Å². The number of hydrogen-bond acceptors (Lipinski definition) is 4. The van der Waals surface area contributed by atoms with Crippen molar-refractivity contribution >= 4 is 37.3 Å². The smallest absolute Gasteiger partial charge is 0.252 e. The quantitative estimate of drug-likeness (QED) is 0.855. The van der Waals surface area contributed by atoms with Gasteiger partial charge in [-0.2, -0.15) is 4.31 Å². The van der Waals surface area contributed by atoms with Crippen LogP contribution in [0.15, 0.2) is 44.7 Å². The Balaban J connectivity index is 2.21. The van der Waals surface area contributed by atoms with E-state index < -0.39 is 10.0 Å². The molecule has 2 rings (SSSR count). The van der Waals surface area contributed by atoms with Crippen LogP contribution in [0.5, 0.6) is 0 Å². The van der Waals surface area contributed by atoms with Crippen molar-refractivity contribution in [1.29, 1.82) is 0 Å². The normalized spacial score (nSPS) is 11.9. The lowest BCUT2D eigenvalue weighted by Crippen LogP contribution is -2.25. The minimum absolute atomic E-state index is 0.334. The molecule has 0 aromatic carbocycles. The van der Waals surface area contributed by atoms with E-state index in [2.05, 4.69) is 20.9 Å². The monoisotopic (exact) mass is 346 g/mol. The van der Waals surface area contributed by atoms with Crippen LogP contribution in [0.25, 0.3) is 0 Å². The maximum Gasteiger partial charge on any atom is 0.252 e. The molecule has 2 aromatic heterocycles. The van der Waals surface area contributed by atoms with Crippen molar-refractivity contribution in [3.05, 3.63) is 46.0 Å². The summed E-state index contributed by atoms with van der Waals surface area (Å²) in [5, 5.41) is 0. The average molecular weight is 347 g/mol. The topological polar surface area (TPSA) is 50.3 Å². The maximum absolute atomic E-state index is 12.2. The van der Waals surface area contributed by atoms with Crippen LogP contribution in [-0.4, -0.2) is 24.8 Å². The number of sulfonamides is 1. The van der Waals surface area contributed by atoms with Gasteiger partial charge in [-0.15, -0.1) is 11.3 Å². The van der Waals surface area contributed by atoms with Crippen molar-refractivity contribution < 1.29 is 8.42 Å². The molecule has 2 aromatic rings. The molecule has 0 bridgehead atoms. The van der Waals surface area contributed by atoms with Gasteiger partial charge in [-0.25, -0.2) is 8.42 Å². The first-order chi connectivity index (χ1) is 8.50. The highest BCUT2D eigenvalue weighted by Gasteiger charge is 2.22. The summed E-state index contributed by atoms with van der Waals surface area (Å²) in [4.78, 5) is 3.90. The Morgan fingerprint density at radius 3 is 2.50 bits per heavy atom. The molecule has 0 N–H and O–H groups in total. The van der Waals surface area contributed by atoms with Crippen LogP contribution in [0.2, 0.25) is 0 Å². The number of thiophene rings is 1. The SMILES string of the molecule is CN(Cc1ccncc1)S(=O)(=O)c1ccc(Br)s1. The molecule has 2 heterocycles. The zero-order valence-electron chi connectivity index (χ0n) is 9.58. The van der Waals surface area contributed by atoms with E-state index in [1.54, 1.807) is 43.7 Å². The van der Waals surface area contributed by atoms with Gasteiger partial charge in [-0.1, -0.05) is 0 Å². The summed E-state index contributed by atoms with van der Waals surface area (Å²) in [5.74, 6) is 0. The minimum atomic E-state index is -3.41. The van der Waals surface area contributed by atoms with Crippen molar-refractivity contribution in [2.24, 2.45) is 0 Å². The van der Waals surface area contributed by atoms with E-state index in [1.165, 1.54) is 15.6 Å². The number of rotatable bonds is 4. The number of nitrogens with zero attached hydrogens (tertiary/aromatic N) is 2. The minimum Gasteiger partial charge on any atom is -0.265 e. The molecule has 0 fully saturated rings. The molecule has 0 saturated heterocycles. The van der Waals surface area contributed by atoms with Crippen LogP contribution in [0, 0.1) is 0 Å². The first kappa shape index (κ1) is 13.7. The third-order valence-corrected chi connectivity index (χ3v) is 6.26. The fourth-order valence-corrected chi connectivity index (χ4v) is 4.80. The van der Waals surface area contributed by atoms with Crippen molar-refractivity contribution in [3.63, 3.8) is 0 Å². The van der Waals surface area contributed by atoms with Gasteiger partial charge >= 0.3 is 0 Å². The van der Waals surface area contributed by atoms with E-state index in [0.717, 1.165) is 9.35 Å². The van der Waals surface area contributed by atoms with Crippen LogP contribution < -0.4 is 0 Å². The summed E-state index contributed by atoms with van der Waals surface area (Å²) in [6, 6.07) is 6.94. The largest absolute Gasteiger partial charge is 0.265 e. The molecule has 7 heteroatoms. The number of aromatic nitrogens is 1. The van der Waals surface area contributed by atoms with Gasteiger partial charge in [-0.05, 0) is 45.8 Å². The fraction of sp³-hybridized carbons (Fsp3) is 0.182. The summed E-state index contributed by atoms with van der Waals surface area (Å²) in [6.07, 6.45) is 3.30. The predicted octanol–water partition coefficient (Wildman–Crippen LogP) is 2.73. The molecule has 4 nitrogen and oxygen atoms in total. The first-order valence-corrected chi connectivity index (χ1v) is 8.15. The first-order valence-electron chi connectivity index (χ1n) is 5.11. The highest BCUT2D eigenvalue weighted by Crippen LogP contribution is 2.28. The second-order valence-electron chi connectivity index (χ2n) is 3.68. The molecule has 0 radical (unpaired) electrons. The number of halogens is 1. The number of hydrogen-bond donors (Lipinski definition) is 0. The Morgan fingerprint density at radius 1 is 1.28 bits per heavy atom. The molecule has 0 atom stereocenters. The molecular weight excluding hydrogens is 336 g/mol. The van der Waals surface area contributed by atoms with Gasteiger partial charge < -0.3 is 0 Å². The molecule has 0 saturated carbocycles. The lowest BCUT2D eigenvalue weighted by molar-refractivity contribution is 0.468. The molecule has 0 aliphatic carbocycles. The molecular formula is C11H11BrN2O2S2. The van der Waals surface area contributed by atoms with E-state index in [4.69, 9.17) is 0 Å². The summed E-state index contributed by atoms with van der Waals surface area (Å²) in [6.45, 7) is 0.334. The highest BCUT2D eigenvalue weighted by molar-refractivity contribution is 9.11. The van der Waals surface area contributed by atoms with Crippen LogP contribution in [0.4, 0.5) is 0 Å². The van der Waals surface area contributed by atoms with Gasteiger partial charge in [0.25, 0.3) is 10.0 Å². The summed E-state index contributed by atoms with van der Waals surface area (Å²) in [5.41, 5.74) is 0.909. The van der Waals surface area contributed by atoms with E-state index in [0.29, 0.717) is 10.8 Å². The van der Waals surface area contributed by atoms with Crippen LogP contribution in [-0.2, 0) is 16.6 Å². The Hall–Kier alpha value is -0.760. The van der Waals surface area contributed by atoms with Gasteiger partial charge in [0.05, 0.1) is 3.79 Å². The van der Waals surface area contributed by atoms with Crippen molar-refractivity contribution in [2.75, 3.05) is 7.05 Å². The van der Waals surface area contributed by atoms with Crippen molar-refractivity contribution in [3.8, 4) is 0 Å². The van der Waals surface area contributed by atoms with Gasteiger partial charge in [0, 0.05) is 26.0 Å². The molecule has 0 aliphatic rings. The van der Waals surface area contributed by atoms with Crippen molar-refractivity contribution in [1.82, 2.24) is 9.29 Å². The van der Waals surface area contributed by atoms with Crippen LogP contribution >= 0.6 is 27.3 Å². The Bertz CT molecular complexity index is 626. The van der Waals surface area contributed by atoms with E-state index >= 15 is 0 Å². The second kappa shape index (κ2) is 5.48. The summed E-state index contributed by atoms with van der Waals surface area (Å²) < 4.78 is 27.0. The fourth-order valence-electron chi connectivity index (χ4n) is 1.42. The van der Waals surface area contributed by atoms with Crippen molar-refractivity contribution in [2.45, 2.75) is 10.8 Å². The summed E-state index contributed by atoms with van der Waals surface area (Å²) >= 11 is 4.48. The molecule has 0 spiro atoms. The van der Waals surface area contributed by atoms with Gasteiger partial charge in [0.2, 0.25) is 0 Å². The lowest BCUT2D eigenvalue weighted by atomic mass is 10.3. The third-order valence-electron chi connectivity index (χ3n) is 2.37.